The van der Waals surface area contributed by atoms with Gasteiger partial charge in [-0.25, -0.2) is 0 Å². The zero-order chi connectivity index (χ0) is 18.1. The summed E-state index contributed by atoms with van der Waals surface area (Å²) in [4.78, 5) is 0. The second-order valence-corrected chi connectivity index (χ2v) is 6.81. The van der Waals surface area contributed by atoms with Crippen LogP contribution in [0.3, 0.4) is 0 Å². The minimum absolute atomic E-state index is 0.249. The molecule has 1 aliphatic rings. The molecule has 4 heteroatoms. The topological polar surface area (TPSA) is 58.3 Å². The van der Waals surface area contributed by atoms with Gasteiger partial charge in [-0.2, -0.15) is 0 Å². The number of hydrogen-bond donors (Lipinski definition) is 3. The van der Waals surface area contributed by atoms with Crippen LogP contribution < -0.4 is 11.1 Å². The molecule has 0 spiro atoms. The molecule has 3 aromatic rings. The third-order valence-electron chi connectivity index (χ3n) is 4.63. The summed E-state index contributed by atoms with van der Waals surface area (Å²) in [6.07, 6.45) is 1.11. The molecule has 0 aromatic heterocycles. The van der Waals surface area contributed by atoms with Crippen LogP contribution in [-0.4, -0.2) is 11.3 Å². The highest BCUT2D eigenvalue weighted by Crippen LogP contribution is 2.36. The lowest BCUT2D eigenvalue weighted by Crippen LogP contribution is -2.22. The van der Waals surface area contributed by atoms with Crippen LogP contribution in [0.1, 0.15) is 28.3 Å². The van der Waals surface area contributed by atoms with Gasteiger partial charge in [-0.15, -0.1) is 0 Å². The van der Waals surface area contributed by atoms with Crippen LogP contribution in [-0.2, 0) is 0 Å². The number of rotatable bonds is 3. The van der Waals surface area contributed by atoms with Gasteiger partial charge in [0, 0.05) is 16.3 Å². The second kappa shape index (κ2) is 6.96. The molecule has 3 aromatic carbocycles. The quantitative estimate of drug-likeness (QED) is 0.640. The zero-order valence-electron chi connectivity index (χ0n) is 14.1. The van der Waals surface area contributed by atoms with Gasteiger partial charge < -0.3 is 16.2 Å². The fourth-order valence-corrected chi connectivity index (χ4v) is 3.41. The lowest BCUT2D eigenvalue weighted by molar-refractivity contribution is 0.252. The van der Waals surface area contributed by atoms with E-state index in [0.29, 0.717) is 5.02 Å². The summed E-state index contributed by atoms with van der Waals surface area (Å²) >= 11 is 5.98. The number of hydrogen-bond acceptors (Lipinski definition) is 3. The van der Waals surface area contributed by atoms with E-state index in [9.17, 15) is 5.11 Å². The van der Waals surface area contributed by atoms with E-state index in [4.69, 9.17) is 17.3 Å². The Bertz CT molecular complexity index is 952. The maximum absolute atomic E-state index is 10.1. The number of nitrogens with two attached hydrogens (primary N) is 1. The van der Waals surface area contributed by atoms with Crippen molar-refractivity contribution in [3.05, 3.63) is 106 Å². The molecule has 0 bridgehead atoms. The van der Waals surface area contributed by atoms with Gasteiger partial charge in [-0.3, -0.25) is 0 Å². The smallest absolute Gasteiger partial charge is 0.144 e. The van der Waals surface area contributed by atoms with Crippen LogP contribution in [0.5, 0.6) is 0 Å². The molecule has 0 saturated heterocycles. The van der Waals surface area contributed by atoms with E-state index in [1.807, 2.05) is 72.8 Å². The summed E-state index contributed by atoms with van der Waals surface area (Å²) in [5, 5.41) is 13.9. The van der Waals surface area contributed by atoms with Crippen molar-refractivity contribution in [2.45, 2.75) is 12.3 Å². The van der Waals surface area contributed by atoms with Crippen molar-refractivity contribution in [1.29, 1.82) is 0 Å². The van der Waals surface area contributed by atoms with Crippen LogP contribution in [0.15, 0.2) is 78.9 Å². The molecule has 0 amide bonds. The first-order valence-electron chi connectivity index (χ1n) is 8.49. The predicted octanol–water partition coefficient (Wildman–Crippen LogP) is 4.56. The Hall–Kier alpha value is -2.59. The van der Waals surface area contributed by atoms with Crippen molar-refractivity contribution >= 4 is 22.9 Å². The van der Waals surface area contributed by atoms with Crippen molar-refractivity contribution < 1.29 is 5.11 Å². The van der Waals surface area contributed by atoms with Gasteiger partial charge in [-0.1, -0.05) is 60.1 Å². The first-order chi connectivity index (χ1) is 12.6. The van der Waals surface area contributed by atoms with Crippen LogP contribution in [0.4, 0.5) is 5.69 Å². The molecule has 0 aliphatic carbocycles. The molecular weight excluding hydrogens is 344 g/mol. The van der Waals surface area contributed by atoms with Gasteiger partial charge >= 0.3 is 0 Å². The molecule has 3 nitrogen and oxygen atoms in total. The summed E-state index contributed by atoms with van der Waals surface area (Å²) in [5.74, 6) is 0. The Labute approximate surface area is 157 Å². The number of fused-ring (bicyclic) bond motifs is 1. The molecule has 26 heavy (non-hydrogen) atoms. The van der Waals surface area contributed by atoms with Crippen LogP contribution in [0.25, 0.3) is 5.57 Å². The fraction of sp³-hybridized carbons (Fsp3) is 0.0909. The molecule has 0 fully saturated rings. The van der Waals surface area contributed by atoms with Gasteiger partial charge in [0.2, 0.25) is 0 Å². The zero-order valence-corrected chi connectivity index (χ0v) is 14.8. The van der Waals surface area contributed by atoms with E-state index in [1.165, 1.54) is 0 Å². The van der Waals surface area contributed by atoms with E-state index in [-0.39, 0.29) is 6.04 Å². The molecule has 0 radical (unpaired) electrons. The average Bonchev–Trinajstić information content (AvgIpc) is 2.68. The Morgan fingerprint density at radius 2 is 1.62 bits per heavy atom. The Morgan fingerprint density at radius 1 is 0.923 bits per heavy atom. The maximum Gasteiger partial charge on any atom is 0.144 e. The Kier molecular flexibility index (Phi) is 4.51. The minimum Gasteiger partial charge on any atom is -0.370 e. The third kappa shape index (κ3) is 3.25. The second-order valence-electron chi connectivity index (χ2n) is 6.37. The van der Waals surface area contributed by atoms with Gasteiger partial charge in [0.25, 0.3) is 0 Å². The van der Waals surface area contributed by atoms with E-state index < -0.39 is 6.23 Å². The van der Waals surface area contributed by atoms with Crippen molar-refractivity contribution in [3.63, 3.8) is 0 Å². The van der Waals surface area contributed by atoms with E-state index in [1.54, 1.807) is 0 Å². The van der Waals surface area contributed by atoms with Gasteiger partial charge in [0.15, 0.2) is 0 Å². The molecule has 2 unspecified atom stereocenters. The first-order valence-corrected chi connectivity index (χ1v) is 8.87. The number of aliphatic hydroxyl groups is 1. The van der Waals surface area contributed by atoms with Gasteiger partial charge in [-0.05, 0) is 52.6 Å². The molecule has 1 aliphatic heterocycles. The monoisotopic (exact) mass is 362 g/mol. The van der Waals surface area contributed by atoms with E-state index in [2.05, 4.69) is 11.4 Å². The molecule has 130 valence electrons. The summed E-state index contributed by atoms with van der Waals surface area (Å²) in [6, 6.07) is 23.4. The van der Waals surface area contributed by atoms with Gasteiger partial charge in [0.1, 0.15) is 6.23 Å². The SMILES string of the molecule is NC(c1ccc(Cl)cc1)c1ccc2c(c1)C(c1ccccc1)=CC(O)N2. The molecule has 1 heterocycles. The van der Waals surface area contributed by atoms with Crippen LogP contribution >= 0.6 is 11.6 Å². The van der Waals surface area contributed by atoms with Crippen molar-refractivity contribution in [2.24, 2.45) is 5.73 Å². The summed E-state index contributed by atoms with van der Waals surface area (Å²) in [7, 11) is 0. The lowest BCUT2D eigenvalue weighted by Gasteiger charge is -2.25. The van der Waals surface area contributed by atoms with Crippen LogP contribution in [0.2, 0.25) is 5.02 Å². The normalized spacial score (nSPS) is 17.0. The third-order valence-corrected chi connectivity index (χ3v) is 4.89. The molecular formula is C22H19ClN2O. The average molecular weight is 363 g/mol. The number of halogens is 1. The van der Waals surface area contributed by atoms with Crippen molar-refractivity contribution in [3.8, 4) is 0 Å². The van der Waals surface area contributed by atoms with Gasteiger partial charge in [0.05, 0.1) is 6.04 Å². The Balaban J connectivity index is 1.76. The molecule has 4 rings (SSSR count). The molecule has 4 N–H and O–H groups in total. The highest BCUT2D eigenvalue weighted by Gasteiger charge is 2.20. The largest absolute Gasteiger partial charge is 0.370 e. The van der Waals surface area contributed by atoms with Crippen molar-refractivity contribution in [2.75, 3.05) is 5.32 Å². The summed E-state index contributed by atoms with van der Waals surface area (Å²) < 4.78 is 0. The standard InChI is InChI=1S/C22H19ClN2O/c23-17-9-6-15(7-10-17)22(24)16-8-11-20-19(12-16)18(13-21(26)25-20)14-4-2-1-3-5-14/h1-13,21-22,25-26H,24H2. The summed E-state index contributed by atoms with van der Waals surface area (Å²) in [5.41, 5.74) is 12.5. The first kappa shape index (κ1) is 16.9. The van der Waals surface area contributed by atoms with Crippen molar-refractivity contribution in [1.82, 2.24) is 0 Å². The summed E-state index contributed by atoms with van der Waals surface area (Å²) in [6.45, 7) is 0. The molecule has 0 saturated carbocycles. The maximum atomic E-state index is 10.1. The number of anilines is 1. The lowest BCUT2D eigenvalue weighted by atomic mass is 9.89. The van der Waals surface area contributed by atoms with Crippen LogP contribution in [0, 0.1) is 0 Å². The highest BCUT2D eigenvalue weighted by molar-refractivity contribution is 6.30. The number of benzene rings is 3. The predicted molar refractivity (Wildman–Crippen MR) is 107 cm³/mol. The van der Waals surface area contributed by atoms with E-state index in [0.717, 1.165) is 33.5 Å². The minimum atomic E-state index is -0.714. The number of nitrogens with one attached hydrogen (secondary N) is 1. The molecule has 2 atom stereocenters. The van der Waals surface area contributed by atoms with E-state index >= 15 is 0 Å². The number of aliphatic hydroxyl groups excluding tert-OH is 1. The Morgan fingerprint density at radius 3 is 2.35 bits per heavy atom. The highest BCUT2D eigenvalue weighted by atomic mass is 35.5. The fourth-order valence-electron chi connectivity index (χ4n) is 3.28.